The molecule has 2 aromatic carbocycles. The Morgan fingerprint density at radius 1 is 1.17 bits per heavy atom. The molecule has 8 nitrogen and oxygen atoms in total. The maximum atomic E-state index is 13.7. The van der Waals surface area contributed by atoms with Gasteiger partial charge in [0, 0.05) is 24.3 Å². The van der Waals surface area contributed by atoms with E-state index in [0.29, 0.717) is 12.2 Å². The molecule has 10 heteroatoms. The Kier molecular flexibility index (Phi) is 4.21. The van der Waals surface area contributed by atoms with Crippen molar-refractivity contribution in [1.82, 2.24) is 0 Å². The fourth-order valence-corrected chi connectivity index (χ4v) is 3.05. The maximum Gasteiger partial charge on any atom is 0.307 e. The lowest BCUT2D eigenvalue weighted by molar-refractivity contribution is -0.387. The van der Waals surface area contributed by atoms with E-state index in [1.165, 1.54) is 24.1 Å². The lowest BCUT2D eigenvalue weighted by atomic mass is 10.2. The fourth-order valence-electron chi connectivity index (χ4n) is 2.23. The molecule has 3 rings (SSSR count). The topological polar surface area (TPSA) is 98.8 Å². The van der Waals surface area contributed by atoms with Gasteiger partial charge >= 0.3 is 5.69 Å². The van der Waals surface area contributed by atoms with E-state index in [-0.39, 0.29) is 17.4 Å². The summed E-state index contributed by atoms with van der Waals surface area (Å²) >= 11 is 1.27. The zero-order valence-electron chi connectivity index (χ0n) is 12.0. The smallest absolute Gasteiger partial charge is 0.307 e. The molecule has 2 aromatic rings. The van der Waals surface area contributed by atoms with Crippen molar-refractivity contribution in [2.45, 2.75) is 6.54 Å². The van der Waals surface area contributed by atoms with Gasteiger partial charge in [-0.25, -0.2) is 0 Å². The van der Waals surface area contributed by atoms with Crippen LogP contribution in [0.15, 0.2) is 36.4 Å². The highest BCUT2D eigenvalue weighted by Crippen LogP contribution is 2.42. The van der Waals surface area contributed by atoms with Crippen molar-refractivity contribution in [2.24, 2.45) is 0 Å². The molecule has 0 aromatic heterocycles. The predicted molar refractivity (Wildman–Crippen MR) is 85.4 cm³/mol. The summed E-state index contributed by atoms with van der Waals surface area (Å²) in [7, 11) is 0. The molecule has 0 unspecified atom stereocenters. The molecule has 1 aliphatic heterocycles. The Morgan fingerprint density at radius 3 is 2.50 bits per heavy atom. The molecule has 0 bridgehead atoms. The number of ether oxygens (including phenoxy) is 1. The van der Waals surface area contributed by atoms with Gasteiger partial charge < -0.3 is 9.04 Å². The average Bonchev–Trinajstić information content (AvgIpc) is 2.54. The molecule has 0 amide bonds. The van der Waals surface area contributed by atoms with E-state index >= 15 is 0 Å². The lowest BCUT2D eigenvalue weighted by Crippen LogP contribution is -2.21. The summed E-state index contributed by atoms with van der Waals surface area (Å²) in [6, 6.07) is 8.10. The van der Waals surface area contributed by atoms with Crippen LogP contribution in [0.3, 0.4) is 0 Å². The number of rotatable bonds is 4. The van der Waals surface area contributed by atoms with Crippen molar-refractivity contribution in [2.75, 3.05) is 10.2 Å². The number of fused-ring (bicyclic) bond motifs is 1. The lowest BCUT2D eigenvalue weighted by Gasteiger charge is -2.29. The molecular formula is C14H10FN3O5S. The number of nitrogens with zero attached hydrogens (tertiary/aromatic N) is 3. The standard InChI is InChI=1S/C14H10FN3O5S/c15-11-5-14-13(6-12(11)18(21)22)16(24-8-23-14)7-9-1-3-10(4-2-9)17(19)20/h1-6H,7-8H2. The van der Waals surface area contributed by atoms with Gasteiger partial charge in [0.15, 0.2) is 5.94 Å². The minimum absolute atomic E-state index is 0.0218. The number of nitro benzene ring substituents is 2. The number of nitro groups is 2. The first kappa shape index (κ1) is 16.0. The zero-order chi connectivity index (χ0) is 17.3. The predicted octanol–water partition coefficient (Wildman–Crippen LogP) is 3.65. The highest BCUT2D eigenvalue weighted by atomic mass is 32.2. The van der Waals surface area contributed by atoms with Gasteiger partial charge in [0.2, 0.25) is 5.82 Å². The maximum absolute atomic E-state index is 13.7. The Balaban J connectivity index is 1.90. The molecule has 24 heavy (non-hydrogen) atoms. The monoisotopic (exact) mass is 351 g/mol. The summed E-state index contributed by atoms with van der Waals surface area (Å²) in [5.74, 6) is -0.503. The first-order valence-electron chi connectivity index (χ1n) is 6.70. The summed E-state index contributed by atoms with van der Waals surface area (Å²) < 4.78 is 20.7. The van der Waals surface area contributed by atoms with Crippen LogP contribution in [-0.2, 0) is 6.54 Å². The van der Waals surface area contributed by atoms with Gasteiger partial charge in [-0.1, -0.05) is 12.1 Å². The normalized spacial score (nSPS) is 13.1. The van der Waals surface area contributed by atoms with Crippen molar-refractivity contribution in [3.63, 3.8) is 0 Å². The molecule has 0 fully saturated rings. The van der Waals surface area contributed by atoms with Crippen LogP contribution in [0.5, 0.6) is 5.75 Å². The summed E-state index contributed by atoms with van der Waals surface area (Å²) in [6.45, 7) is 0.335. The van der Waals surface area contributed by atoms with Gasteiger partial charge in [0.1, 0.15) is 5.75 Å². The minimum Gasteiger partial charge on any atom is -0.479 e. The van der Waals surface area contributed by atoms with Crippen molar-refractivity contribution >= 4 is 29.0 Å². The number of halogens is 1. The van der Waals surface area contributed by atoms with Gasteiger partial charge in [-0.05, 0) is 17.5 Å². The Bertz CT molecular complexity index is 815. The van der Waals surface area contributed by atoms with E-state index < -0.39 is 21.4 Å². The highest BCUT2D eigenvalue weighted by Gasteiger charge is 2.26. The first-order valence-corrected chi connectivity index (χ1v) is 7.64. The molecule has 124 valence electrons. The van der Waals surface area contributed by atoms with Crippen LogP contribution in [0.4, 0.5) is 21.5 Å². The van der Waals surface area contributed by atoms with E-state index in [9.17, 15) is 24.6 Å². The number of benzene rings is 2. The molecule has 1 aliphatic rings. The quantitative estimate of drug-likeness (QED) is 0.471. The second kappa shape index (κ2) is 6.32. The molecule has 0 atom stereocenters. The van der Waals surface area contributed by atoms with Gasteiger partial charge in [0.05, 0.1) is 22.1 Å². The number of anilines is 1. The van der Waals surface area contributed by atoms with Gasteiger partial charge in [-0.15, -0.1) is 0 Å². The van der Waals surface area contributed by atoms with E-state index in [1.807, 2.05) is 0 Å². The van der Waals surface area contributed by atoms with Crippen LogP contribution >= 0.6 is 11.9 Å². The summed E-state index contributed by atoms with van der Waals surface area (Å²) in [5.41, 5.74) is 0.505. The third-order valence-corrected chi connectivity index (χ3v) is 4.25. The molecule has 0 saturated carbocycles. The van der Waals surface area contributed by atoms with E-state index in [1.54, 1.807) is 16.4 Å². The van der Waals surface area contributed by atoms with Crippen LogP contribution in [0.25, 0.3) is 0 Å². The van der Waals surface area contributed by atoms with Crippen LogP contribution < -0.4 is 9.04 Å². The Labute approximate surface area is 139 Å². The van der Waals surface area contributed by atoms with Gasteiger partial charge in [-0.2, -0.15) is 4.39 Å². The van der Waals surface area contributed by atoms with Crippen molar-refractivity contribution in [3.05, 3.63) is 68.0 Å². The van der Waals surface area contributed by atoms with Crippen LogP contribution in [-0.4, -0.2) is 15.8 Å². The Morgan fingerprint density at radius 2 is 1.88 bits per heavy atom. The fraction of sp³-hybridized carbons (Fsp3) is 0.143. The highest BCUT2D eigenvalue weighted by molar-refractivity contribution is 8.00. The van der Waals surface area contributed by atoms with Gasteiger partial charge in [-0.3, -0.25) is 20.2 Å². The van der Waals surface area contributed by atoms with Crippen molar-refractivity contribution in [3.8, 4) is 5.75 Å². The van der Waals surface area contributed by atoms with E-state index in [2.05, 4.69) is 0 Å². The molecular weight excluding hydrogens is 341 g/mol. The zero-order valence-corrected chi connectivity index (χ0v) is 12.9. The molecule has 0 saturated heterocycles. The third kappa shape index (κ3) is 3.08. The van der Waals surface area contributed by atoms with Crippen LogP contribution in [0, 0.1) is 26.0 Å². The summed E-state index contributed by atoms with van der Waals surface area (Å²) in [4.78, 5) is 20.3. The Hall–Kier alpha value is -2.88. The van der Waals surface area contributed by atoms with Crippen molar-refractivity contribution < 1.29 is 19.0 Å². The van der Waals surface area contributed by atoms with E-state index in [0.717, 1.165) is 17.7 Å². The minimum atomic E-state index is -0.957. The van der Waals surface area contributed by atoms with Gasteiger partial charge in [0.25, 0.3) is 5.69 Å². The second-order valence-electron chi connectivity index (χ2n) is 4.88. The SMILES string of the molecule is O=[N+]([O-])c1ccc(CN2SCOc3cc(F)c([N+](=O)[O-])cc32)cc1. The summed E-state index contributed by atoms with van der Waals surface area (Å²) in [6.07, 6.45) is 0. The number of non-ortho nitro benzene ring substituents is 1. The van der Waals surface area contributed by atoms with E-state index in [4.69, 9.17) is 4.74 Å². The number of hydrogen-bond donors (Lipinski definition) is 0. The third-order valence-electron chi connectivity index (χ3n) is 3.39. The average molecular weight is 351 g/mol. The first-order chi connectivity index (χ1) is 11.5. The number of hydrogen-bond acceptors (Lipinski definition) is 7. The summed E-state index contributed by atoms with van der Waals surface area (Å²) in [5, 5.41) is 21.6. The molecule has 0 spiro atoms. The molecule has 1 heterocycles. The van der Waals surface area contributed by atoms with Crippen LogP contribution in [0.2, 0.25) is 0 Å². The molecule has 0 radical (unpaired) electrons. The van der Waals surface area contributed by atoms with Crippen LogP contribution in [0.1, 0.15) is 5.56 Å². The molecule has 0 N–H and O–H groups in total. The largest absolute Gasteiger partial charge is 0.479 e. The molecule has 0 aliphatic carbocycles. The van der Waals surface area contributed by atoms with Crippen molar-refractivity contribution in [1.29, 1.82) is 0 Å². The second-order valence-corrected chi connectivity index (χ2v) is 5.81.